The molecular weight excluding hydrogens is 875 g/mol. The number of carbonyl (C=O) groups excluding carboxylic acids is 1. The Morgan fingerprint density at radius 3 is 2.08 bits per heavy atom. The molecule has 0 aliphatic rings. The second-order valence-electron chi connectivity index (χ2n) is 16.2. The summed E-state index contributed by atoms with van der Waals surface area (Å²) in [6.07, 6.45) is 7.87. The van der Waals surface area contributed by atoms with Gasteiger partial charge in [0.2, 0.25) is 0 Å². The van der Waals surface area contributed by atoms with E-state index in [9.17, 15) is 9.90 Å². The second kappa shape index (κ2) is 16.5. The quantitative estimate of drug-likeness (QED) is 0.0846. The van der Waals surface area contributed by atoms with Crippen LogP contribution in [0.2, 0.25) is 0 Å². The summed E-state index contributed by atoms with van der Waals surface area (Å²) in [5.74, 6) is 0.943. The minimum absolute atomic E-state index is 0. The van der Waals surface area contributed by atoms with Gasteiger partial charge < -0.3 is 5.11 Å². The Bertz CT molecular complexity index is 2220. The number of aromatic nitrogens is 1. The summed E-state index contributed by atoms with van der Waals surface area (Å²) >= 11 is 5.63. The molecule has 0 unspecified atom stereocenters. The van der Waals surface area contributed by atoms with Crippen LogP contribution in [0.4, 0.5) is 0 Å². The maximum Gasteiger partial charge on any atom is 0.164 e. The third kappa shape index (κ3) is 8.30. The number of carbonyl (C=O) groups is 1. The third-order valence-electron chi connectivity index (χ3n) is 11.2. The zero-order valence-electron chi connectivity index (χ0n) is 33.1. The van der Waals surface area contributed by atoms with Crippen LogP contribution in [0.3, 0.4) is 0 Å². The molecule has 0 atom stereocenters. The molecule has 0 amide bonds. The van der Waals surface area contributed by atoms with Gasteiger partial charge in [-0.2, -0.15) is 11.3 Å². The first-order chi connectivity index (χ1) is 24.0. The number of fused-ring (bicyclic) bond motifs is 5. The topological polar surface area (TPSA) is 50.2 Å². The van der Waals surface area contributed by atoms with E-state index in [0.717, 1.165) is 43.4 Å². The molecule has 4 heterocycles. The van der Waals surface area contributed by atoms with Gasteiger partial charge in [0.1, 0.15) is 5.76 Å². The van der Waals surface area contributed by atoms with Crippen LogP contribution < -0.4 is 0 Å². The molecule has 1 radical (unpaired) electrons. The van der Waals surface area contributed by atoms with Crippen LogP contribution in [-0.2, 0) is 36.7 Å². The summed E-state index contributed by atoms with van der Waals surface area (Å²) in [4.78, 5) is 18.5. The van der Waals surface area contributed by atoms with Gasteiger partial charge in [-0.25, -0.2) is 0 Å². The van der Waals surface area contributed by atoms with Crippen LogP contribution in [0.25, 0.3) is 51.6 Å². The van der Waals surface area contributed by atoms with Crippen LogP contribution in [0.1, 0.15) is 118 Å². The average molecular weight is 931 g/mol. The number of aliphatic hydroxyl groups excluding tert-OH is 1. The molecule has 52 heavy (non-hydrogen) atoms. The first-order valence-electron chi connectivity index (χ1n) is 18.6. The molecule has 7 heteroatoms. The van der Waals surface area contributed by atoms with E-state index in [0.29, 0.717) is 5.92 Å². The van der Waals surface area contributed by atoms with Crippen molar-refractivity contribution in [1.29, 1.82) is 0 Å². The van der Waals surface area contributed by atoms with Crippen molar-refractivity contribution in [3.05, 3.63) is 75.8 Å². The van der Waals surface area contributed by atoms with Crippen molar-refractivity contribution in [3.8, 4) is 11.3 Å². The predicted octanol–water partition coefficient (Wildman–Crippen LogP) is 14.8. The number of rotatable bonds is 10. The monoisotopic (exact) mass is 931 g/mol. The van der Waals surface area contributed by atoms with Gasteiger partial charge in [0.05, 0.1) is 0 Å². The maximum absolute atomic E-state index is 12.2. The number of hydrogen-bond donors (Lipinski definition) is 1. The zero-order chi connectivity index (χ0) is 37.5. The zero-order valence-corrected chi connectivity index (χ0v) is 37.9. The number of hydrogen-bond acceptors (Lipinski definition) is 6. The van der Waals surface area contributed by atoms with Gasteiger partial charge in [0.15, 0.2) is 5.78 Å². The maximum atomic E-state index is 12.2. The smallest absolute Gasteiger partial charge is 0.164 e. The summed E-state index contributed by atoms with van der Waals surface area (Å²) < 4.78 is 5.36. The molecule has 0 saturated heterocycles. The molecule has 0 bridgehead atoms. The van der Waals surface area contributed by atoms with E-state index < -0.39 is 0 Å². The van der Waals surface area contributed by atoms with E-state index in [4.69, 9.17) is 4.98 Å². The summed E-state index contributed by atoms with van der Waals surface area (Å²) in [6.45, 7) is 25.9. The Hall–Kier alpha value is -2.41. The van der Waals surface area contributed by atoms with E-state index >= 15 is 0 Å². The largest absolute Gasteiger partial charge is 0.512 e. The molecule has 0 saturated carbocycles. The molecule has 0 spiro atoms. The van der Waals surface area contributed by atoms with Crippen LogP contribution >= 0.6 is 34.0 Å². The number of thiophene rings is 3. The molecule has 0 fully saturated rings. The Balaban J connectivity index is 0.000000289. The first-order valence-corrected chi connectivity index (χ1v) is 21.1. The minimum Gasteiger partial charge on any atom is -0.512 e. The van der Waals surface area contributed by atoms with Gasteiger partial charge in [-0.05, 0) is 95.0 Å². The fourth-order valence-corrected chi connectivity index (χ4v) is 10.1. The Morgan fingerprint density at radius 1 is 0.865 bits per heavy atom. The van der Waals surface area contributed by atoms with Crippen LogP contribution in [0.15, 0.2) is 53.7 Å². The second-order valence-corrected chi connectivity index (χ2v) is 19.4. The number of allylic oxidation sites excluding steroid dienone is 2. The molecule has 2 aromatic carbocycles. The fraction of sp³-hybridized carbons (Fsp3) is 0.467. The van der Waals surface area contributed by atoms with E-state index in [1.165, 1.54) is 62.4 Å². The van der Waals surface area contributed by atoms with Gasteiger partial charge in [0, 0.05) is 73.3 Å². The molecule has 0 aliphatic carbocycles. The molecule has 0 aliphatic heterocycles. The van der Waals surface area contributed by atoms with Crippen molar-refractivity contribution in [2.45, 2.75) is 121 Å². The van der Waals surface area contributed by atoms with Crippen LogP contribution in [0.5, 0.6) is 0 Å². The Kier molecular flexibility index (Phi) is 13.5. The number of aliphatic hydroxyl groups is 1. The van der Waals surface area contributed by atoms with Gasteiger partial charge >= 0.3 is 0 Å². The predicted molar refractivity (Wildman–Crippen MR) is 227 cm³/mol. The number of aryl methyl sites for hydroxylation is 1. The van der Waals surface area contributed by atoms with Gasteiger partial charge in [-0.3, -0.25) is 9.78 Å². The van der Waals surface area contributed by atoms with Crippen LogP contribution in [-0.4, -0.2) is 15.9 Å². The number of ketones is 1. The summed E-state index contributed by atoms with van der Waals surface area (Å²) in [7, 11) is 0. The Labute approximate surface area is 337 Å². The van der Waals surface area contributed by atoms with E-state index in [2.05, 4.69) is 83.3 Å². The third-order valence-corrected chi connectivity index (χ3v) is 14.5. The number of benzene rings is 2. The molecule has 1 N–H and O–H groups in total. The van der Waals surface area contributed by atoms with Crippen molar-refractivity contribution < 1.29 is 30.0 Å². The number of nitrogens with zero attached hydrogens (tertiary/aromatic N) is 1. The van der Waals surface area contributed by atoms with E-state index in [1.807, 2.05) is 81.7 Å². The summed E-state index contributed by atoms with van der Waals surface area (Å²) in [5, 5.41) is 17.6. The van der Waals surface area contributed by atoms with Crippen LogP contribution in [0, 0.1) is 29.7 Å². The molecule has 6 aromatic rings. The van der Waals surface area contributed by atoms with Gasteiger partial charge in [-0.15, -0.1) is 46.3 Å². The van der Waals surface area contributed by atoms with Crippen molar-refractivity contribution in [1.82, 2.24) is 4.98 Å². The molecule has 281 valence electrons. The first kappa shape index (κ1) is 42.3. The normalized spacial score (nSPS) is 12.9. The Morgan fingerprint density at radius 2 is 1.48 bits per heavy atom. The fourth-order valence-electron chi connectivity index (χ4n) is 6.69. The molecule has 6 rings (SSSR count). The summed E-state index contributed by atoms with van der Waals surface area (Å²) in [6, 6.07) is 15.3. The summed E-state index contributed by atoms with van der Waals surface area (Å²) in [5.41, 5.74) is 4.52. The average Bonchev–Trinajstić information content (AvgIpc) is 3.80. The number of pyridine rings is 1. The van der Waals surface area contributed by atoms with Crippen molar-refractivity contribution in [2.75, 3.05) is 0 Å². The van der Waals surface area contributed by atoms with Gasteiger partial charge in [0.25, 0.3) is 0 Å². The van der Waals surface area contributed by atoms with Crippen molar-refractivity contribution in [3.63, 3.8) is 0 Å². The molecule has 3 nitrogen and oxygen atoms in total. The molecular formula is C45H56IrNO2S3-. The van der Waals surface area contributed by atoms with Gasteiger partial charge in [-0.1, -0.05) is 87.3 Å². The van der Waals surface area contributed by atoms with E-state index in [-0.39, 0.29) is 47.9 Å². The van der Waals surface area contributed by atoms with Crippen molar-refractivity contribution in [2.24, 2.45) is 16.7 Å². The van der Waals surface area contributed by atoms with E-state index in [1.54, 1.807) is 0 Å². The standard InChI is InChI=1S/C30H28NS3.C15H28O2.Ir/c1-16(2)11-21-17(3)33-25-14-22-20-7-9-31-27(29(20)34-26(22)15-23(21)25)19-12-18-8-10-32-28(18)24(13-19)30(4,5)6;1-7-14(5,8-2)12(16)11-13(17)15(6,9-3)10-4;/h7-10,13-16H,11H2,1-6H3;11,16H,7-10H2,1-6H3;/q-1;;/b;12-11-;. The minimum atomic E-state index is -0.337. The SMILES string of the molecule is CCC(C)(CC)C(=O)/C=C(\O)C(C)(CC)CC.Cc1sc2cc3c(cc2c1CC(C)C)sc1c(-c2[c-]c4ccsc4c(C(C)(C)C)c2)nccc13.[Ir]. The van der Waals surface area contributed by atoms with Crippen molar-refractivity contribution >= 4 is 80.1 Å². The molecule has 4 aromatic heterocycles.